The number of hydrogen-bond donors (Lipinski definition) is 0. The lowest BCUT2D eigenvalue weighted by Crippen LogP contribution is -1.94. The zero-order valence-corrected chi connectivity index (χ0v) is 6.90. The van der Waals surface area contributed by atoms with Gasteiger partial charge < -0.3 is 9.47 Å². The van der Waals surface area contributed by atoms with E-state index in [9.17, 15) is 4.79 Å². The Morgan fingerprint density at radius 2 is 2.08 bits per heavy atom. The average Bonchev–Trinajstić information content (AvgIpc) is 2.16. The van der Waals surface area contributed by atoms with Crippen molar-refractivity contribution in [2.45, 2.75) is 0 Å². The molecule has 1 aromatic heterocycles. The van der Waals surface area contributed by atoms with Crippen molar-refractivity contribution in [2.24, 2.45) is 0 Å². The minimum absolute atomic E-state index is 0.297. The molecule has 0 unspecified atom stereocenters. The second-order valence-corrected chi connectivity index (χ2v) is 2.09. The van der Waals surface area contributed by atoms with Crippen molar-refractivity contribution in [1.29, 1.82) is 0 Å². The Morgan fingerprint density at radius 3 is 2.58 bits per heavy atom. The van der Waals surface area contributed by atoms with Gasteiger partial charge in [-0.2, -0.15) is 0 Å². The molecule has 0 atom stereocenters. The highest BCUT2D eigenvalue weighted by Crippen LogP contribution is 2.17. The van der Waals surface area contributed by atoms with Crippen LogP contribution < -0.4 is 9.47 Å². The van der Waals surface area contributed by atoms with E-state index in [4.69, 9.17) is 9.47 Å². The fourth-order valence-corrected chi connectivity index (χ4v) is 0.784. The molecule has 1 rings (SSSR count). The second-order valence-electron chi connectivity index (χ2n) is 2.09. The number of aromatic nitrogens is 1. The lowest BCUT2D eigenvalue weighted by atomic mass is 10.3. The van der Waals surface area contributed by atoms with Crippen molar-refractivity contribution >= 4 is 6.29 Å². The van der Waals surface area contributed by atoms with Crippen molar-refractivity contribution in [3.05, 3.63) is 17.8 Å². The van der Waals surface area contributed by atoms with Crippen LogP contribution in [0.25, 0.3) is 0 Å². The third-order valence-corrected chi connectivity index (χ3v) is 1.36. The summed E-state index contributed by atoms with van der Waals surface area (Å²) in [6, 6.07) is 3.14. The molecule has 1 heterocycles. The van der Waals surface area contributed by atoms with Crippen molar-refractivity contribution in [3.8, 4) is 11.6 Å². The van der Waals surface area contributed by atoms with Crippen LogP contribution in [0, 0.1) is 0 Å². The molecule has 64 valence electrons. The van der Waals surface area contributed by atoms with Gasteiger partial charge in [-0.25, -0.2) is 4.98 Å². The smallest absolute Gasteiger partial charge is 0.217 e. The van der Waals surface area contributed by atoms with Crippen LogP contribution in [-0.2, 0) is 0 Å². The molecule has 1 aromatic rings. The van der Waals surface area contributed by atoms with E-state index in [1.807, 2.05) is 0 Å². The quantitative estimate of drug-likeness (QED) is 0.628. The van der Waals surface area contributed by atoms with Gasteiger partial charge in [0.1, 0.15) is 11.4 Å². The molecule has 0 radical (unpaired) electrons. The van der Waals surface area contributed by atoms with Gasteiger partial charge >= 0.3 is 0 Å². The molecule has 0 saturated carbocycles. The Kier molecular flexibility index (Phi) is 2.63. The van der Waals surface area contributed by atoms with Gasteiger partial charge in [-0.3, -0.25) is 4.79 Å². The molecule has 0 aliphatic carbocycles. The summed E-state index contributed by atoms with van der Waals surface area (Å²) in [5.41, 5.74) is 0.297. The summed E-state index contributed by atoms with van der Waals surface area (Å²) < 4.78 is 9.77. The number of aldehydes is 1. The zero-order valence-electron chi connectivity index (χ0n) is 6.90. The van der Waals surface area contributed by atoms with Gasteiger partial charge in [-0.15, -0.1) is 0 Å². The van der Waals surface area contributed by atoms with E-state index in [-0.39, 0.29) is 0 Å². The third kappa shape index (κ3) is 1.72. The van der Waals surface area contributed by atoms with Crippen LogP contribution in [0.3, 0.4) is 0 Å². The molecule has 0 aromatic carbocycles. The summed E-state index contributed by atoms with van der Waals surface area (Å²) >= 11 is 0. The molecule has 0 spiro atoms. The van der Waals surface area contributed by atoms with Crippen molar-refractivity contribution in [1.82, 2.24) is 4.98 Å². The Labute approximate surface area is 70.1 Å². The van der Waals surface area contributed by atoms with Gasteiger partial charge in [0.2, 0.25) is 5.88 Å². The highest BCUT2D eigenvalue weighted by Gasteiger charge is 2.01. The first-order valence-corrected chi connectivity index (χ1v) is 3.35. The van der Waals surface area contributed by atoms with Crippen LogP contribution in [0.1, 0.15) is 10.5 Å². The molecule has 12 heavy (non-hydrogen) atoms. The minimum Gasteiger partial charge on any atom is -0.496 e. The molecule has 0 aliphatic rings. The predicted octanol–water partition coefficient (Wildman–Crippen LogP) is 0.911. The molecule has 0 amide bonds. The Bertz CT molecular complexity index is 263. The molecule has 4 nitrogen and oxygen atoms in total. The predicted molar refractivity (Wildman–Crippen MR) is 42.7 cm³/mol. The summed E-state index contributed by atoms with van der Waals surface area (Å²) in [4.78, 5) is 14.2. The average molecular weight is 167 g/mol. The molecule has 0 N–H and O–H groups in total. The van der Waals surface area contributed by atoms with Crippen LogP contribution >= 0.6 is 0 Å². The number of pyridine rings is 1. The molecule has 0 aliphatic heterocycles. The summed E-state index contributed by atoms with van der Waals surface area (Å²) in [5.74, 6) is 0.931. The number of methoxy groups -OCH3 is 2. The van der Waals surface area contributed by atoms with E-state index in [0.717, 1.165) is 0 Å². The maximum absolute atomic E-state index is 10.4. The second kappa shape index (κ2) is 3.71. The number of rotatable bonds is 3. The molecule has 0 bridgehead atoms. The molecule has 4 heteroatoms. The highest BCUT2D eigenvalue weighted by molar-refractivity contribution is 5.72. The molecule has 0 fully saturated rings. The van der Waals surface area contributed by atoms with E-state index >= 15 is 0 Å². The van der Waals surface area contributed by atoms with E-state index in [1.165, 1.54) is 20.3 Å². The van der Waals surface area contributed by atoms with Gasteiger partial charge in [0.25, 0.3) is 0 Å². The van der Waals surface area contributed by atoms with Crippen LogP contribution in [0.4, 0.5) is 0 Å². The standard InChI is InChI=1S/C8H9NO3/c1-11-7-3-6(5-10)9-8(4-7)12-2/h3-5H,1-2H3. The van der Waals surface area contributed by atoms with Gasteiger partial charge in [-0.1, -0.05) is 0 Å². The lowest BCUT2D eigenvalue weighted by Gasteiger charge is -2.02. The Morgan fingerprint density at radius 1 is 1.33 bits per heavy atom. The highest BCUT2D eigenvalue weighted by atomic mass is 16.5. The summed E-state index contributed by atoms with van der Waals surface area (Å²) in [6.07, 6.45) is 0.644. The minimum atomic E-state index is 0.297. The summed E-state index contributed by atoms with van der Waals surface area (Å²) in [7, 11) is 3.00. The van der Waals surface area contributed by atoms with Crippen LogP contribution in [0.2, 0.25) is 0 Å². The zero-order chi connectivity index (χ0) is 8.97. The van der Waals surface area contributed by atoms with E-state index < -0.39 is 0 Å². The maximum Gasteiger partial charge on any atom is 0.217 e. The fourth-order valence-electron chi connectivity index (χ4n) is 0.784. The van der Waals surface area contributed by atoms with Crippen molar-refractivity contribution < 1.29 is 14.3 Å². The first-order chi connectivity index (χ1) is 5.80. The summed E-state index contributed by atoms with van der Waals surface area (Å²) in [5, 5.41) is 0. The summed E-state index contributed by atoms with van der Waals surface area (Å²) in [6.45, 7) is 0. The maximum atomic E-state index is 10.4. The first kappa shape index (κ1) is 8.52. The molecular formula is C8H9NO3. The topological polar surface area (TPSA) is 48.4 Å². The lowest BCUT2D eigenvalue weighted by molar-refractivity contribution is 0.111. The van der Waals surface area contributed by atoms with Gasteiger partial charge in [0, 0.05) is 12.1 Å². The van der Waals surface area contributed by atoms with Gasteiger partial charge in [0.05, 0.1) is 14.2 Å². The van der Waals surface area contributed by atoms with Crippen molar-refractivity contribution in [2.75, 3.05) is 14.2 Å². The van der Waals surface area contributed by atoms with E-state index in [1.54, 1.807) is 6.07 Å². The monoisotopic (exact) mass is 167 g/mol. The van der Waals surface area contributed by atoms with Gasteiger partial charge in [0.15, 0.2) is 6.29 Å². The number of ether oxygens (including phenoxy) is 2. The molecular weight excluding hydrogens is 158 g/mol. The van der Waals surface area contributed by atoms with E-state index in [2.05, 4.69) is 4.98 Å². The number of nitrogens with zero attached hydrogens (tertiary/aromatic N) is 1. The number of carbonyl (C=O) groups excluding carboxylic acids is 1. The fraction of sp³-hybridized carbons (Fsp3) is 0.250. The van der Waals surface area contributed by atoms with Crippen LogP contribution in [-0.4, -0.2) is 25.5 Å². The Hall–Kier alpha value is -1.58. The number of hydrogen-bond acceptors (Lipinski definition) is 4. The van der Waals surface area contributed by atoms with Crippen molar-refractivity contribution in [3.63, 3.8) is 0 Å². The largest absolute Gasteiger partial charge is 0.496 e. The first-order valence-electron chi connectivity index (χ1n) is 3.35. The van der Waals surface area contributed by atoms with Crippen LogP contribution in [0.15, 0.2) is 12.1 Å². The van der Waals surface area contributed by atoms with Gasteiger partial charge in [-0.05, 0) is 0 Å². The van der Waals surface area contributed by atoms with Crippen LogP contribution in [0.5, 0.6) is 11.6 Å². The van der Waals surface area contributed by atoms with E-state index in [0.29, 0.717) is 23.6 Å². The number of carbonyl (C=O) groups is 1. The Balaban J connectivity index is 3.09. The SMILES string of the molecule is COc1cc(C=O)nc(OC)c1. The third-order valence-electron chi connectivity index (χ3n) is 1.36. The molecule has 0 saturated heterocycles. The normalized spacial score (nSPS) is 9.17.